The van der Waals surface area contributed by atoms with Gasteiger partial charge in [0.1, 0.15) is 0 Å². The largest absolute Gasteiger partial charge is 0.468 e. The monoisotopic (exact) mass is 415 g/mol. The first kappa shape index (κ1) is 21.8. The Kier molecular flexibility index (Phi) is 7.34. The number of halogens is 3. The first-order valence-corrected chi connectivity index (χ1v) is 10.1. The highest BCUT2D eigenvalue weighted by Crippen LogP contribution is 2.37. The summed E-state index contributed by atoms with van der Waals surface area (Å²) >= 11 is 0. The molecule has 0 spiro atoms. The van der Waals surface area contributed by atoms with E-state index >= 15 is 0 Å². The van der Waals surface area contributed by atoms with Crippen molar-refractivity contribution in [3.63, 3.8) is 0 Å². The van der Waals surface area contributed by atoms with Crippen LogP contribution in [-0.2, 0) is 4.74 Å². The van der Waals surface area contributed by atoms with Crippen LogP contribution in [-0.4, -0.2) is 55.0 Å². The number of nitrogens with one attached hydrogen (secondary N) is 1. The highest BCUT2D eigenvalue weighted by atomic mass is 19.4. The number of carbonyl (C=O) groups is 1. The first-order valence-electron chi connectivity index (χ1n) is 10.1. The van der Waals surface area contributed by atoms with Crippen molar-refractivity contribution in [2.75, 3.05) is 26.9 Å². The van der Waals surface area contributed by atoms with Gasteiger partial charge in [0.2, 0.25) is 5.88 Å². The Labute approximate surface area is 168 Å². The normalized spacial score (nSPS) is 21.3. The lowest BCUT2D eigenvalue weighted by atomic mass is 9.84. The van der Waals surface area contributed by atoms with Crippen LogP contribution in [0.15, 0.2) is 12.3 Å². The van der Waals surface area contributed by atoms with Crippen LogP contribution < -0.4 is 10.2 Å². The molecule has 29 heavy (non-hydrogen) atoms. The number of nitrogens with zero attached hydrogens (tertiary/aromatic N) is 2. The van der Waals surface area contributed by atoms with E-state index in [1.807, 2.05) is 5.01 Å². The molecular weight excluding hydrogens is 387 g/mol. The van der Waals surface area contributed by atoms with Crippen molar-refractivity contribution in [2.45, 2.75) is 63.1 Å². The van der Waals surface area contributed by atoms with Crippen LogP contribution in [0, 0.1) is 0 Å². The van der Waals surface area contributed by atoms with E-state index in [0.717, 1.165) is 51.5 Å². The Morgan fingerprint density at radius 2 is 2.00 bits per heavy atom. The number of hydrazine groups is 1. The summed E-state index contributed by atoms with van der Waals surface area (Å²) in [6.45, 7) is -0.136. The lowest BCUT2D eigenvalue weighted by Gasteiger charge is -2.26. The van der Waals surface area contributed by atoms with Crippen molar-refractivity contribution in [3.8, 4) is 5.88 Å². The zero-order valence-electron chi connectivity index (χ0n) is 16.6. The van der Waals surface area contributed by atoms with E-state index in [9.17, 15) is 18.0 Å². The average molecular weight is 415 g/mol. The molecule has 1 atom stereocenters. The molecule has 9 heteroatoms. The third-order valence-electron chi connectivity index (χ3n) is 5.54. The number of rotatable bonds is 7. The van der Waals surface area contributed by atoms with E-state index < -0.39 is 12.8 Å². The van der Waals surface area contributed by atoms with Gasteiger partial charge in [0.25, 0.3) is 5.91 Å². The molecule has 2 aliphatic rings. The summed E-state index contributed by atoms with van der Waals surface area (Å²) in [6.07, 6.45) is 3.59. The zero-order valence-corrected chi connectivity index (χ0v) is 16.6. The quantitative estimate of drug-likeness (QED) is 0.734. The van der Waals surface area contributed by atoms with E-state index in [1.165, 1.54) is 6.20 Å². The van der Waals surface area contributed by atoms with Crippen molar-refractivity contribution in [2.24, 2.45) is 0 Å². The van der Waals surface area contributed by atoms with Crippen LogP contribution in [0.4, 0.5) is 13.2 Å². The Balaban J connectivity index is 1.77. The fourth-order valence-electron chi connectivity index (χ4n) is 4.11. The lowest BCUT2D eigenvalue weighted by molar-refractivity contribution is -0.154. The van der Waals surface area contributed by atoms with Crippen molar-refractivity contribution < 1.29 is 27.4 Å². The smallest absolute Gasteiger partial charge is 0.422 e. The van der Waals surface area contributed by atoms with E-state index in [0.29, 0.717) is 17.7 Å². The molecule has 1 aliphatic carbocycles. The van der Waals surface area contributed by atoms with E-state index in [4.69, 9.17) is 9.47 Å². The van der Waals surface area contributed by atoms with Gasteiger partial charge in [0.15, 0.2) is 6.61 Å². The number of aromatic nitrogens is 1. The zero-order chi connectivity index (χ0) is 20.9. The van der Waals surface area contributed by atoms with Gasteiger partial charge in [-0.3, -0.25) is 10.2 Å². The van der Waals surface area contributed by atoms with Gasteiger partial charge < -0.3 is 9.47 Å². The maximum atomic E-state index is 12.8. The van der Waals surface area contributed by atoms with Crippen LogP contribution in [0.5, 0.6) is 5.88 Å². The number of hydrogen-bond acceptors (Lipinski definition) is 5. The summed E-state index contributed by atoms with van der Waals surface area (Å²) in [5.74, 6) is -0.288. The van der Waals surface area contributed by atoms with Gasteiger partial charge in [0, 0.05) is 25.4 Å². The molecule has 0 bridgehead atoms. The summed E-state index contributed by atoms with van der Waals surface area (Å²) < 4.78 is 48.0. The standard InChI is InChI=1S/C20H28F3N3O3/c1-28-12-16-8-5-9-26(16)25-18(27)15-10-17(14-6-3-2-4-7-14)19(24-11-15)29-13-20(21,22)23/h10-11,14,16H,2-9,12-13H2,1H3,(H,25,27). The van der Waals surface area contributed by atoms with Gasteiger partial charge >= 0.3 is 6.18 Å². The number of hydrogen-bond donors (Lipinski definition) is 1. The summed E-state index contributed by atoms with van der Waals surface area (Å²) in [5.41, 5.74) is 3.81. The highest BCUT2D eigenvalue weighted by molar-refractivity contribution is 5.93. The molecule has 1 aromatic heterocycles. The Bertz CT molecular complexity index is 693. The molecule has 0 aromatic carbocycles. The van der Waals surface area contributed by atoms with Crippen LogP contribution >= 0.6 is 0 Å². The SMILES string of the molecule is COCC1CCCN1NC(=O)c1cnc(OCC(F)(F)F)c(C2CCCCC2)c1. The molecule has 1 saturated heterocycles. The minimum Gasteiger partial charge on any atom is -0.468 e. The molecule has 2 fully saturated rings. The lowest BCUT2D eigenvalue weighted by Crippen LogP contribution is -2.46. The maximum Gasteiger partial charge on any atom is 0.422 e. The minimum atomic E-state index is -4.44. The van der Waals surface area contributed by atoms with Gasteiger partial charge in [-0.05, 0) is 37.7 Å². The van der Waals surface area contributed by atoms with E-state index in [-0.39, 0.29) is 23.7 Å². The predicted octanol–water partition coefficient (Wildman–Crippen LogP) is 3.83. The molecule has 1 unspecified atom stereocenters. The molecule has 1 aromatic rings. The van der Waals surface area contributed by atoms with Crippen molar-refractivity contribution in [1.29, 1.82) is 0 Å². The molecule has 0 radical (unpaired) electrons. The Morgan fingerprint density at radius 3 is 2.69 bits per heavy atom. The molecule has 1 N–H and O–H groups in total. The Morgan fingerprint density at radius 1 is 1.24 bits per heavy atom. The minimum absolute atomic E-state index is 0.0239. The third kappa shape index (κ3) is 6.05. The van der Waals surface area contributed by atoms with Gasteiger partial charge in [-0.1, -0.05) is 19.3 Å². The summed E-state index contributed by atoms with van der Waals surface area (Å²) in [4.78, 5) is 16.8. The van der Waals surface area contributed by atoms with Crippen molar-refractivity contribution in [3.05, 3.63) is 23.4 Å². The van der Waals surface area contributed by atoms with E-state index in [2.05, 4.69) is 10.4 Å². The van der Waals surface area contributed by atoms with Crippen molar-refractivity contribution >= 4 is 5.91 Å². The number of methoxy groups -OCH3 is 1. The molecular formula is C20H28F3N3O3. The van der Waals surface area contributed by atoms with Crippen LogP contribution in [0.3, 0.4) is 0 Å². The number of alkyl halides is 3. The number of ether oxygens (including phenoxy) is 2. The maximum absolute atomic E-state index is 12.8. The number of amides is 1. The second-order valence-corrected chi connectivity index (χ2v) is 7.74. The molecule has 6 nitrogen and oxygen atoms in total. The molecule has 1 saturated carbocycles. The average Bonchev–Trinajstić information content (AvgIpc) is 3.13. The highest BCUT2D eigenvalue weighted by Gasteiger charge is 2.31. The fourth-order valence-corrected chi connectivity index (χ4v) is 4.11. The second-order valence-electron chi connectivity index (χ2n) is 7.74. The topological polar surface area (TPSA) is 63.7 Å². The molecule has 1 amide bonds. The first-order chi connectivity index (χ1) is 13.9. The van der Waals surface area contributed by atoms with Crippen molar-refractivity contribution in [1.82, 2.24) is 15.4 Å². The summed E-state index contributed by atoms with van der Waals surface area (Å²) in [5, 5.41) is 1.86. The van der Waals surface area contributed by atoms with Crippen LogP contribution in [0.2, 0.25) is 0 Å². The third-order valence-corrected chi connectivity index (χ3v) is 5.54. The number of carbonyl (C=O) groups excluding carboxylic acids is 1. The summed E-state index contributed by atoms with van der Waals surface area (Å²) in [7, 11) is 1.62. The molecule has 2 heterocycles. The van der Waals surface area contributed by atoms with E-state index in [1.54, 1.807) is 13.2 Å². The van der Waals surface area contributed by atoms with Crippen LogP contribution in [0.25, 0.3) is 0 Å². The molecule has 1 aliphatic heterocycles. The van der Waals surface area contributed by atoms with Gasteiger partial charge in [0.05, 0.1) is 18.2 Å². The fraction of sp³-hybridized carbons (Fsp3) is 0.700. The molecule has 3 rings (SSSR count). The summed E-state index contributed by atoms with van der Waals surface area (Å²) in [6, 6.07) is 1.76. The second kappa shape index (κ2) is 9.75. The van der Waals surface area contributed by atoms with Gasteiger partial charge in [-0.15, -0.1) is 0 Å². The predicted molar refractivity (Wildman–Crippen MR) is 101 cm³/mol. The van der Waals surface area contributed by atoms with Gasteiger partial charge in [-0.25, -0.2) is 9.99 Å². The molecule has 162 valence electrons. The van der Waals surface area contributed by atoms with Gasteiger partial charge in [-0.2, -0.15) is 13.2 Å². The number of pyridine rings is 1. The Hall–Kier alpha value is -1.87. The van der Waals surface area contributed by atoms with Crippen LogP contribution in [0.1, 0.15) is 66.8 Å².